The van der Waals surface area contributed by atoms with Crippen molar-refractivity contribution in [3.63, 3.8) is 0 Å². The summed E-state index contributed by atoms with van der Waals surface area (Å²) in [7, 11) is 2.02. The lowest BCUT2D eigenvalue weighted by molar-refractivity contribution is 0.691. The Bertz CT molecular complexity index is 636. The van der Waals surface area contributed by atoms with Gasteiger partial charge < -0.3 is 5.32 Å². The Morgan fingerprint density at radius 1 is 1.10 bits per heavy atom. The van der Waals surface area contributed by atoms with Gasteiger partial charge in [0.15, 0.2) is 0 Å². The van der Waals surface area contributed by atoms with Gasteiger partial charge in [0.1, 0.15) is 0 Å². The van der Waals surface area contributed by atoms with Gasteiger partial charge in [-0.1, -0.05) is 17.7 Å². The summed E-state index contributed by atoms with van der Waals surface area (Å²) in [6.07, 6.45) is 5.15. The van der Waals surface area contributed by atoms with Gasteiger partial charge in [-0.05, 0) is 81.0 Å². The molecular weight excluding hydrogens is 298 g/mol. The number of halogens is 1. The molecule has 0 aliphatic heterocycles. The van der Waals surface area contributed by atoms with E-state index in [1.807, 2.05) is 18.4 Å². The summed E-state index contributed by atoms with van der Waals surface area (Å²) in [6, 6.07) is 6.92. The molecule has 112 valence electrons. The van der Waals surface area contributed by atoms with Crippen molar-refractivity contribution in [1.29, 1.82) is 0 Å². The van der Waals surface area contributed by atoms with E-state index in [1.54, 1.807) is 10.4 Å². The molecule has 2 aromatic rings. The summed E-state index contributed by atoms with van der Waals surface area (Å²) in [6.45, 7) is 4.27. The van der Waals surface area contributed by atoms with E-state index in [4.69, 9.17) is 11.6 Å². The summed E-state index contributed by atoms with van der Waals surface area (Å²) in [5.41, 5.74) is 5.31. The van der Waals surface area contributed by atoms with Crippen LogP contribution in [0.15, 0.2) is 18.2 Å². The van der Waals surface area contributed by atoms with E-state index in [2.05, 4.69) is 37.4 Å². The lowest BCUT2D eigenvalue weighted by Gasteiger charge is -2.18. The zero-order valence-electron chi connectivity index (χ0n) is 12.9. The number of hydrogen-bond donors (Lipinski definition) is 1. The van der Waals surface area contributed by atoms with Gasteiger partial charge in [0, 0.05) is 14.8 Å². The highest BCUT2D eigenvalue weighted by atomic mass is 35.5. The van der Waals surface area contributed by atoms with Crippen molar-refractivity contribution in [2.45, 2.75) is 45.6 Å². The topological polar surface area (TPSA) is 12.0 Å². The van der Waals surface area contributed by atoms with Gasteiger partial charge in [0.05, 0.1) is 6.04 Å². The van der Waals surface area contributed by atoms with E-state index in [0.717, 1.165) is 5.02 Å². The highest BCUT2D eigenvalue weighted by Crippen LogP contribution is 2.37. The predicted molar refractivity (Wildman–Crippen MR) is 92.8 cm³/mol. The first-order chi connectivity index (χ1) is 10.1. The predicted octanol–water partition coefficient (Wildman–Crippen LogP) is 5.21. The van der Waals surface area contributed by atoms with Crippen LogP contribution in [-0.4, -0.2) is 7.05 Å². The zero-order chi connectivity index (χ0) is 15.0. The van der Waals surface area contributed by atoms with Gasteiger partial charge in [0.25, 0.3) is 0 Å². The van der Waals surface area contributed by atoms with Crippen LogP contribution in [0, 0.1) is 13.8 Å². The van der Waals surface area contributed by atoms with Gasteiger partial charge in [-0.3, -0.25) is 0 Å². The molecule has 1 aromatic carbocycles. The number of benzene rings is 1. The van der Waals surface area contributed by atoms with Crippen LogP contribution in [0.2, 0.25) is 5.02 Å². The molecule has 1 atom stereocenters. The Kier molecular flexibility index (Phi) is 4.39. The molecule has 0 radical (unpaired) electrons. The fraction of sp³-hybridized carbons (Fsp3) is 0.444. The van der Waals surface area contributed by atoms with Crippen LogP contribution in [0.1, 0.15) is 50.9 Å². The Hall–Kier alpha value is -0.830. The van der Waals surface area contributed by atoms with Gasteiger partial charge in [-0.25, -0.2) is 0 Å². The number of fused-ring (bicyclic) bond motifs is 1. The van der Waals surface area contributed by atoms with Crippen molar-refractivity contribution in [2.24, 2.45) is 0 Å². The summed E-state index contributed by atoms with van der Waals surface area (Å²) >= 11 is 8.48. The number of hydrogen-bond acceptors (Lipinski definition) is 2. The second-order valence-corrected chi connectivity index (χ2v) is 7.56. The number of rotatable bonds is 3. The first kappa shape index (κ1) is 15.1. The standard InChI is InChI=1S/C18H22ClNS/c1-11-8-14(15(19)9-12(11)2)18(20-3)17-10-13-6-4-5-7-16(13)21-17/h8-10,18,20H,4-7H2,1-3H3. The Balaban J connectivity index is 2.02. The second kappa shape index (κ2) is 6.12. The molecule has 1 nitrogen and oxygen atoms in total. The molecule has 1 heterocycles. The fourth-order valence-electron chi connectivity index (χ4n) is 3.13. The van der Waals surface area contributed by atoms with E-state index in [-0.39, 0.29) is 6.04 Å². The van der Waals surface area contributed by atoms with Crippen LogP contribution in [0.4, 0.5) is 0 Å². The van der Waals surface area contributed by atoms with E-state index in [0.29, 0.717) is 0 Å². The average molecular weight is 320 g/mol. The maximum absolute atomic E-state index is 6.52. The molecule has 1 unspecified atom stereocenters. The minimum Gasteiger partial charge on any atom is -0.309 e. The van der Waals surface area contributed by atoms with Crippen molar-refractivity contribution in [2.75, 3.05) is 7.05 Å². The monoisotopic (exact) mass is 319 g/mol. The second-order valence-electron chi connectivity index (χ2n) is 5.98. The van der Waals surface area contributed by atoms with Crippen LogP contribution >= 0.6 is 22.9 Å². The third-order valence-electron chi connectivity index (χ3n) is 4.51. The number of aryl methyl sites for hydroxylation is 4. The molecular formula is C18H22ClNS. The van der Waals surface area contributed by atoms with E-state index < -0.39 is 0 Å². The highest BCUT2D eigenvalue weighted by Gasteiger charge is 2.21. The first-order valence-corrected chi connectivity index (χ1v) is 8.85. The molecule has 0 saturated carbocycles. The van der Waals surface area contributed by atoms with Gasteiger partial charge >= 0.3 is 0 Å². The molecule has 0 amide bonds. The highest BCUT2D eigenvalue weighted by molar-refractivity contribution is 7.12. The first-order valence-electron chi connectivity index (χ1n) is 7.65. The third-order valence-corrected chi connectivity index (χ3v) is 6.14. The third kappa shape index (κ3) is 2.90. The zero-order valence-corrected chi connectivity index (χ0v) is 14.5. The molecule has 0 spiro atoms. The summed E-state index contributed by atoms with van der Waals surface area (Å²) in [4.78, 5) is 2.98. The average Bonchev–Trinajstić information content (AvgIpc) is 2.88. The quantitative estimate of drug-likeness (QED) is 0.819. The van der Waals surface area contributed by atoms with Gasteiger partial charge in [-0.2, -0.15) is 0 Å². The normalized spacial score (nSPS) is 15.8. The molecule has 1 aliphatic rings. The van der Waals surface area contributed by atoms with Crippen LogP contribution < -0.4 is 5.32 Å². The van der Waals surface area contributed by atoms with E-state index >= 15 is 0 Å². The summed E-state index contributed by atoms with van der Waals surface area (Å²) in [5.74, 6) is 0. The molecule has 0 bridgehead atoms. The lowest BCUT2D eigenvalue weighted by Crippen LogP contribution is -2.17. The van der Waals surface area contributed by atoms with E-state index in [9.17, 15) is 0 Å². The van der Waals surface area contributed by atoms with Crippen LogP contribution in [0.5, 0.6) is 0 Å². The minimum atomic E-state index is 0.201. The Labute approximate surface area is 136 Å². The molecule has 1 aromatic heterocycles. The van der Waals surface area contributed by atoms with Gasteiger partial charge in [-0.15, -0.1) is 11.3 Å². The lowest BCUT2D eigenvalue weighted by atomic mass is 9.96. The fourth-order valence-corrected chi connectivity index (χ4v) is 4.85. The molecule has 0 fully saturated rings. The minimum absolute atomic E-state index is 0.201. The van der Waals surface area contributed by atoms with Crippen molar-refractivity contribution in [3.05, 3.63) is 55.2 Å². The number of thiophene rings is 1. The smallest absolute Gasteiger partial charge is 0.0683 e. The van der Waals surface area contributed by atoms with Crippen molar-refractivity contribution in [1.82, 2.24) is 5.32 Å². The maximum Gasteiger partial charge on any atom is 0.0683 e. The Morgan fingerprint density at radius 3 is 2.52 bits per heavy atom. The van der Waals surface area contributed by atoms with Crippen LogP contribution in [-0.2, 0) is 12.8 Å². The molecule has 3 rings (SSSR count). The van der Waals surface area contributed by atoms with Crippen LogP contribution in [0.25, 0.3) is 0 Å². The number of nitrogens with one attached hydrogen (secondary N) is 1. The maximum atomic E-state index is 6.52. The van der Waals surface area contributed by atoms with Crippen molar-refractivity contribution in [3.8, 4) is 0 Å². The Morgan fingerprint density at radius 2 is 1.81 bits per heavy atom. The van der Waals surface area contributed by atoms with Crippen molar-refractivity contribution >= 4 is 22.9 Å². The molecule has 21 heavy (non-hydrogen) atoms. The van der Waals surface area contributed by atoms with E-state index in [1.165, 1.54) is 47.3 Å². The summed E-state index contributed by atoms with van der Waals surface area (Å²) in [5, 5.41) is 4.32. The van der Waals surface area contributed by atoms with Crippen LogP contribution in [0.3, 0.4) is 0 Å². The van der Waals surface area contributed by atoms with Gasteiger partial charge in [0.2, 0.25) is 0 Å². The largest absolute Gasteiger partial charge is 0.309 e. The summed E-state index contributed by atoms with van der Waals surface area (Å²) < 4.78 is 0. The molecule has 0 saturated heterocycles. The molecule has 3 heteroatoms. The molecule has 1 aliphatic carbocycles. The SMILES string of the molecule is CNC(c1cc2c(s1)CCCC2)c1cc(C)c(C)cc1Cl. The van der Waals surface area contributed by atoms with Crippen molar-refractivity contribution < 1.29 is 0 Å². The molecule has 1 N–H and O–H groups in total.